The first-order chi connectivity index (χ1) is 10.8. The summed E-state index contributed by atoms with van der Waals surface area (Å²) in [5, 5.41) is 0. The van der Waals surface area contributed by atoms with Crippen LogP contribution in [0.15, 0.2) is 60.7 Å². The Morgan fingerprint density at radius 1 is 1.00 bits per heavy atom. The largest absolute Gasteiger partial charge is 0.461 e. The fraction of sp³-hybridized carbons (Fsp3) is 0.316. The molecule has 0 radical (unpaired) electrons. The van der Waals surface area contributed by atoms with Crippen LogP contribution >= 0.6 is 11.8 Å². The Balaban J connectivity index is 1.74. The standard InChI is InChI=1S/C19H22O2S/c1-2-18(15-22-14-17-11-7-4-8-12-17)19(20)21-13-16-9-5-3-6-10-16/h3-12,18H,2,13-15H2,1H3/t18-/m1/s1. The quantitative estimate of drug-likeness (QED) is 0.661. The molecule has 0 saturated heterocycles. The molecule has 0 unspecified atom stereocenters. The highest BCUT2D eigenvalue weighted by molar-refractivity contribution is 7.98. The number of thioether (sulfide) groups is 1. The molecule has 0 aromatic heterocycles. The maximum atomic E-state index is 12.2. The zero-order valence-corrected chi connectivity index (χ0v) is 13.7. The van der Waals surface area contributed by atoms with Crippen molar-refractivity contribution in [3.63, 3.8) is 0 Å². The third-order valence-corrected chi connectivity index (χ3v) is 4.66. The highest BCUT2D eigenvalue weighted by Crippen LogP contribution is 2.19. The molecule has 0 aliphatic heterocycles. The molecule has 2 aromatic rings. The molecule has 0 heterocycles. The van der Waals surface area contributed by atoms with E-state index in [9.17, 15) is 4.79 Å². The summed E-state index contributed by atoms with van der Waals surface area (Å²) in [6.07, 6.45) is 0.815. The van der Waals surface area contributed by atoms with E-state index in [1.165, 1.54) is 5.56 Å². The molecule has 0 spiro atoms. The van der Waals surface area contributed by atoms with Gasteiger partial charge < -0.3 is 4.74 Å². The van der Waals surface area contributed by atoms with E-state index in [4.69, 9.17) is 4.74 Å². The number of rotatable bonds is 8. The van der Waals surface area contributed by atoms with Crippen LogP contribution in [-0.4, -0.2) is 11.7 Å². The molecule has 0 aliphatic rings. The topological polar surface area (TPSA) is 26.3 Å². The third kappa shape index (κ3) is 5.57. The van der Waals surface area contributed by atoms with Crippen LogP contribution in [0.5, 0.6) is 0 Å². The van der Waals surface area contributed by atoms with Crippen LogP contribution in [-0.2, 0) is 21.9 Å². The molecule has 0 N–H and O–H groups in total. The molecule has 2 aromatic carbocycles. The zero-order valence-electron chi connectivity index (χ0n) is 12.9. The predicted molar refractivity (Wildman–Crippen MR) is 92.6 cm³/mol. The molecule has 0 aliphatic carbocycles. The van der Waals surface area contributed by atoms with Crippen molar-refractivity contribution in [1.29, 1.82) is 0 Å². The molecule has 116 valence electrons. The number of hydrogen-bond donors (Lipinski definition) is 0. The molecule has 0 bridgehead atoms. The van der Waals surface area contributed by atoms with Crippen LogP contribution in [0.1, 0.15) is 24.5 Å². The highest BCUT2D eigenvalue weighted by Gasteiger charge is 2.18. The van der Waals surface area contributed by atoms with Gasteiger partial charge in [-0.15, -0.1) is 0 Å². The van der Waals surface area contributed by atoms with Crippen LogP contribution in [0, 0.1) is 5.92 Å². The van der Waals surface area contributed by atoms with Gasteiger partial charge in [0, 0.05) is 11.5 Å². The second-order valence-electron chi connectivity index (χ2n) is 5.20. The third-order valence-electron chi connectivity index (χ3n) is 3.48. The smallest absolute Gasteiger partial charge is 0.310 e. The summed E-state index contributed by atoms with van der Waals surface area (Å²) in [5.74, 6) is 1.62. The summed E-state index contributed by atoms with van der Waals surface area (Å²) in [4.78, 5) is 12.2. The number of ether oxygens (including phenoxy) is 1. The lowest BCUT2D eigenvalue weighted by Gasteiger charge is -2.14. The average Bonchev–Trinajstić information content (AvgIpc) is 2.58. The predicted octanol–water partition coefficient (Wildman–Crippen LogP) is 4.69. The minimum atomic E-state index is -0.0908. The van der Waals surface area contributed by atoms with E-state index in [1.807, 2.05) is 55.5 Å². The van der Waals surface area contributed by atoms with Crippen molar-refractivity contribution in [2.24, 2.45) is 5.92 Å². The molecule has 0 fully saturated rings. The minimum absolute atomic E-state index is 0.0302. The Kier molecular flexibility index (Phi) is 7.04. The van der Waals surface area contributed by atoms with E-state index in [1.54, 1.807) is 11.8 Å². The summed E-state index contributed by atoms with van der Waals surface area (Å²) < 4.78 is 5.43. The monoisotopic (exact) mass is 314 g/mol. The molecule has 0 amide bonds. The second kappa shape index (κ2) is 9.31. The van der Waals surface area contributed by atoms with Gasteiger partial charge in [0.1, 0.15) is 6.61 Å². The number of esters is 1. The lowest BCUT2D eigenvalue weighted by Crippen LogP contribution is -2.19. The van der Waals surface area contributed by atoms with Gasteiger partial charge in [-0.25, -0.2) is 0 Å². The zero-order chi connectivity index (χ0) is 15.6. The summed E-state index contributed by atoms with van der Waals surface area (Å²) in [6.45, 7) is 2.40. The summed E-state index contributed by atoms with van der Waals surface area (Å²) in [7, 11) is 0. The summed E-state index contributed by atoms with van der Waals surface area (Å²) in [5.41, 5.74) is 2.32. The van der Waals surface area contributed by atoms with Gasteiger partial charge >= 0.3 is 5.97 Å². The van der Waals surface area contributed by atoms with E-state index < -0.39 is 0 Å². The Labute approximate surface area is 136 Å². The van der Waals surface area contributed by atoms with Gasteiger partial charge in [0.15, 0.2) is 0 Å². The van der Waals surface area contributed by atoms with Crippen molar-refractivity contribution in [1.82, 2.24) is 0 Å². The first-order valence-electron chi connectivity index (χ1n) is 7.62. The van der Waals surface area contributed by atoms with Gasteiger partial charge in [-0.3, -0.25) is 4.79 Å². The molecule has 3 heteroatoms. The van der Waals surface area contributed by atoms with Gasteiger partial charge in [0.05, 0.1) is 5.92 Å². The van der Waals surface area contributed by atoms with Gasteiger partial charge in [0.2, 0.25) is 0 Å². The number of carbonyl (C=O) groups is 1. The van der Waals surface area contributed by atoms with Crippen molar-refractivity contribution in [2.45, 2.75) is 25.7 Å². The second-order valence-corrected chi connectivity index (χ2v) is 6.23. The Bertz CT molecular complexity index is 554. The number of hydrogen-bond acceptors (Lipinski definition) is 3. The van der Waals surface area contributed by atoms with Crippen molar-refractivity contribution in [2.75, 3.05) is 5.75 Å². The molecular weight excluding hydrogens is 292 g/mol. The van der Waals surface area contributed by atoms with Gasteiger partial charge in [-0.2, -0.15) is 11.8 Å². The molecular formula is C19H22O2S. The van der Waals surface area contributed by atoms with E-state index in [2.05, 4.69) is 12.1 Å². The first kappa shape index (κ1) is 16.6. The van der Waals surface area contributed by atoms with Crippen molar-refractivity contribution in [3.05, 3.63) is 71.8 Å². The van der Waals surface area contributed by atoms with Crippen LogP contribution in [0.3, 0.4) is 0 Å². The molecule has 0 saturated carbocycles. The van der Waals surface area contributed by atoms with Gasteiger partial charge in [-0.1, -0.05) is 67.6 Å². The molecule has 2 nitrogen and oxygen atoms in total. The fourth-order valence-electron chi connectivity index (χ4n) is 2.09. The summed E-state index contributed by atoms with van der Waals surface area (Å²) >= 11 is 1.79. The molecule has 2 rings (SSSR count). The molecule has 1 atom stereocenters. The fourth-order valence-corrected chi connectivity index (χ4v) is 3.29. The molecule has 22 heavy (non-hydrogen) atoms. The number of benzene rings is 2. The maximum absolute atomic E-state index is 12.2. The maximum Gasteiger partial charge on any atom is 0.310 e. The normalized spacial score (nSPS) is 11.9. The van der Waals surface area contributed by atoms with Crippen LogP contribution in [0.2, 0.25) is 0 Å². The van der Waals surface area contributed by atoms with E-state index in [-0.39, 0.29) is 11.9 Å². The van der Waals surface area contributed by atoms with E-state index in [0.717, 1.165) is 23.5 Å². The van der Waals surface area contributed by atoms with Crippen molar-refractivity contribution >= 4 is 17.7 Å². The van der Waals surface area contributed by atoms with Gasteiger partial charge in [-0.05, 0) is 17.5 Å². The van der Waals surface area contributed by atoms with Crippen LogP contribution in [0.4, 0.5) is 0 Å². The highest BCUT2D eigenvalue weighted by atomic mass is 32.2. The Morgan fingerprint density at radius 2 is 1.59 bits per heavy atom. The van der Waals surface area contributed by atoms with E-state index in [0.29, 0.717) is 6.61 Å². The average molecular weight is 314 g/mol. The van der Waals surface area contributed by atoms with E-state index >= 15 is 0 Å². The Hall–Kier alpha value is -1.74. The minimum Gasteiger partial charge on any atom is -0.461 e. The number of carbonyl (C=O) groups excluding carboxylic acids is 1. The lowest BCUT2D eigenvalue weighted by atomic mass is 10.1. The van der Waals surface area contributed by atoms with Crippen LogP contribution < -0.4 is 0 Å². The SMILES string of the molecule is CC[C@H](CSCc1ccccc1)C(=O)OCc1ccccc1. The van der Waals surface area contributed by atoms with Crippen molar-refractivity contribution < 1.29 is 9.53 Å². The lowest BCUT2D eigenvalue weighted by molar-refractivity contribution is -0.149. The Morgan fingerprint density at radius 3 is 2.18 bits per heavy atom. The van der Waals surface area contributed by atoms with Crippen molar-refractivity contribution in [3.8, 4) is 0 Å². The van der Waals surface area contributed by atoms with Crippen LogP contribution in [0.25, 0.3) is 0 Å². The first-order valence-corrected chi connectivity index (χ1v) is 8.77. The summed E-state index contributed by atoms with van der Waals surface area (Å²) in [6, 6.07) is 20.1. The van der Waals surface area contributed by atoms with Gasteiger partial charge in [0.25, 0.3) is 0 Å².